The fraction of sp³-hybridized carbons (Fsp3) is 0.200. The number of benzene rings is 2. The van der Waals surface area contributed by atoms with Gasteiger partial charge in [0.1, 0.15) is 23.1 Å². The highest BCUT2D eigenvalue weighted by atomic mass is 35.5. The van der Waals surface area contributed by atoms with Crippen molar-refractivity contribution in [2.24, 2.45) is 0 Å². The van der Waals surface area contributed by atoms with E-state index < -0.39 is 0 Å². The SMILES string of the molecule is CCl.[C-]#[N+]c1cn2c(NCc3c(F)ccc4c3CCO4)ncc(-c3ccnc(OC)c3)c2n1.[C-]#[N+]c1cn2c(NCc3c(F)ccc4c3CCO4)ncc(C3=CC(=O)CC=C3)c2n1. The van der Waals surface area contributed by atoms with Gasteiger partial charge < -0.3 is 34.5 Å². The predicted octanol–water partition coefficient (Wildman–Crippen LogP) is 8.77. The number of hydrogen-bond donors (Lipinski definition) is 2. The van der Waals surface area contributed by atoms with Crippen LogP contribution in [0.5, 0.6) is 17.4 Å². The number of aromatic nitrogens is 7. The number of methoxy groups -OCH3 is 1. The highest BCUT2D eigenvalue weighted by Crippen LogP contribution is 2.34. The van der Waals surface area contributed by atoms with Gasteiger partial charge >= 0.3 is 0 Å². The summed E-state index contributed by atoms with van der Waals surface area (Å²) < 4.78 is 48.6. The van der Waals surface area contributed by atoms with Crippen molar-refractivity contribution in [1.29, 1.82) is 0 Å². The van der Waals surface area contributed by atoms with E-state index >= 15 is 0 Å². The maximum absolute atomic E-state index is 14.5. The molecule has 15 nitrogen and oxygen atoms in total. The second-order valence-corrected chi connectivity index (χ2v) is 14.0. The van der Waals surface area contributed by atoms with Gasteiger partial charge in [-0.1, -0.05) is 35.3 Å². The summed E-state index contributed by atoms with van der Waals surface area (Å²) in [7, 11) is 1.55. The molecule has 316 valence electrons. The molecule has 7 aromatic rings. The van der Waals surface area contributed by atoms with E-state index in [1.54, 1.807) is 77.2 Å². The Morgan fingerprint density at radius 3 is 1.90 bits per heavy atom. The van der Waals surface area contributed by atoms with Crippen LogP contribution in [0, 0.1) is 24.8 Å². The number of pyridine rings is 1. The molecule has 0 amide bonds. The lowest BCUT2D eigenvalue weighted by molar-refractivity contribution is -0.113. The molecule has 2 N–H and O–H groups in total. The first-order chi connectivity index (χ1) is 30.8. The number of nitrogens with zero attached hydrogens (tertiary/aromatic N) is 9. The van der Waals surface area contributed by atoms with E-state index in [0.29, 0.717) is 89.6 Å². The van der Waals surface area contributed by atoms with E-state index in [0.717, 1.165) is 28.0 Å². The number of rotatable bonds is 9. The van der Waals surface area contributed by atoms with Crippen LogP contribution in [-0.4, -0.2) is 66.2 Å². The molecule has 18 heteroatoms. The smallest absolute Gasteiger partial charge is 0.288 e. The highest BCUT2D eigenvalue weighted by Gasteiger charge is 2.23. The maximum Gasteiger partial charge on any atom is 0.288 e. The first kappa shape index (κ1) is 41.8. The molecule has 0 unspecified atom stereocenters. The van der Waals surface area contributed by atoms with Gasteiger partial charge in [0.25, 0.3) is 11.6 Å². The summed E-state index contributed by atoms with van der Waals surface area (Å²) in [6, 6.07) is 9.73. The molecule has 5 aromatic heterocycles. The van der Waals surface area contributed by atoms with Gasteiger partial charge in [-0.3, -0.25) is 13.6 Å². The molecule has 3 aliphatic rings. The molecule has 2 aliphatic heterocycles. The first-order valence-electron chi connectivity index (χ1n) is 19.5. The number of hydrogen-bond acceptors (Lipinski definition) is 11. The topological polar surface area (TPSA) is 151 Å². The molecule has 63 heavy (non-hydrogen) atoms. The summed E-state index contributed by atoms with van der Waals surface area (Å²) in [5.74, 6) is 2.63. The first-order valence-corrected chi connectivity index (χ1v) is 20.2. The summed E-state index contributed by atoms with van der Waals surface area (Å²) in [4.78, 5) is 40.6. The van der Waals surface area contributed by atoms with Crippen molar-refractivity contribution in [2.45, 2.75) is 32.4 Å². The number of ketones is 1. The van der Waals surface area contributed by atoms with Crippen LogP contribution in [0.4, 0.5) is 32.3 Å². The molecule has 0 atom stereocenters. The normalized spacial score (nSPS) is 13.3. The Kier molecular flexibility index (Phi) is 12.2. The third kappa shape index (κ3) is 8.42. The summed E-state index contributed by atoms with van der Waals surface area (Å²) >= 11 is 4.64. The average molecular weight is 868 g/mol. The Hall–Kier alpha value is -7.89. The van der Waals surface area contributed by atoms with E-state index in [9.17, 15) is 13.6 Å². The van der Waals surface area contributed by atoms with Gasteiger partial charge in [0, 0.05) is 98.0 Å². The molecule has 1 aliphatic carbocycles. The second-order valence-electron chi connectivity index (χ2n) is 14.0. The van der Waals surface area contributed by atoms with Crippen molar-refractivity contribution in [1.82, 2.24) is 33.7 Å². The Morgan fingerprint density at radius 2 is 1.37 bits per heavy atom. The minimum atomic E-state index is -0.303. The lowest BCUT2D eigenvalue weighted by Gasteiger charge is -2.13. The predicted molar refractivity (Wildman–Crippen MR) is 233 cm³/mol. The molecule has 0 saturated heterocycles. The Morgan fingerprint density at radius 1 is 0.810 bits per heavy atom. The highest BCUT2D eigenvalue weighted by molar-refractivity contribution is 6.15. The summed E-state index contributed by atoms with van der Waals surface area (Å²) in [6.45, 7) is 16.2. The molecular weight excluding hydrogens is 832 g/mol. The molecule has 0 spiro atoms. The standard InChI is InChI=1S/C22H17FN6O2.C22H16FN5O2.CH3Cl/c1-24-19-12-29-21(28-19)15(13-5-7-25-20(9-13)30-2)10-26-22(29)27-11-16-14-6-8-31-18(14)4-3-17(16)23;1-24-20-12-28-21(27-20)16(13-3-2-4-14(29)9-13)10-25-22(28)26-11-17-15-7-8-30-19(15)6-5-18(17)23;1-2/h3-5,7,9-10,12H,6,8,11H2,2H3,(H,26,27);2-3,5-6,9-10,12H,4,7-8,11H2,(H,25,26);1H3. The zero-order chi connectivity index (χ0) is 44.0. The number of imidazole rings is 2. The lowest BCUT2D eigenvalue weighted by atomic mass is 10.0. The number of allylic oxidation sites excluding steroid dienone is 4. The van der Waals surface area contributed by atoms with Crippen LogP contribution in [0.2, 0.25) is 0 Å². The van der Waals surface area contributed by atoms with E-state index in [-0.39, 0.29) is 42.1 Å². The van der Waals surface area contributed by atoms with Crippen LogP contribution < -0.4 is 24.8 Å². The number of anilines is 2. The van der Waals surface area contributed by atoms with Crippen LogP contribution in [-0.2, 0) is 30.7 Å². The number of carbonyl (C=O) groups excluding carboxylic acids is 1. The maximum atomic E-state index is 14.5. The third-order valence-corrected chi connectivity index (χ3v) is 10.4. The van der Waals surface area contributed by atoms with Crippen LogP contribution in [0.3, 0.4) is 0 Å². The van der Waals surface area contributed by atoms with E-state index in [1.807, 2.05) is 12.1 Å². The van der Waals surface area contributed by atoms with Gasteiger partial charge in [0.05, 0.1) is 31.5 Å². The zero-order valence-electron chi connectivity index (χ0n) is 33.8. The summed E-state index contributed by atoms with van der Waals surface area (Å²) in [5.41, 5.74) is 6.77. The number of ether oxygens (including phenoxy) is 3. The van der Waals surface area contributed by atoms with Crippen molar-refractivity contribution >= 4 is 57.8 Å². The van der Waals surface area contributed by atoms with Gasteiger partial charge in [-0.25, -0.2) is 23.7 Å². The Balaban J connectivity index is 0.000000166. The van der Waals surface area contributed by atoms with Gasteiger partial charge in [0.2, 0.25) is 29.1 Å². The number of carbonyl (C=O) groups is 1. The fourth-order valence-electron chi connectivity index (χ4n) is 7.49. The lowest BCUT2D eigenvalue weighted by Crippen LogP contribution is -2.10. The summed E-state index contributed by atoms with van der Waals surface area (Å²) in [5, 5.41) is 6.35. The Bertz CT molecular complexity index is 3060. The zero-order valence-corrected chi connectivity index (χ0v) is 34.6. The molecule has 10 rings (SSSR count). The average Bonchev–Trinajstić information content (AvgIpc) is 4.16. The molecule has 2 aromatic carbocycles. The largest absolute Gasteiger partial charge is 0.493 e. The monoisotopic (exact) mass is 867 g/mol. The van der Waals surface area contributed by atoms with Crippen molar-refractivity contribution in [2.75, 3.05) is 37.3 Å². The molecule has 0 fully saturated rings. The molecule has 0 radical (unpaired) electrons. The number of halogens is 3. The molecule has 0 saturated carbocycles. The molecule has 0 bridgehead atoms. The Labute approximate surface area is 364 Å². The van der Waals surface area contributed by atoms with Crippen LogP contribution in [0.1, 0.15) is 34.2 Å². The minimum absolute atomic E-state index is 0.000405. The van der Waals surface area contributed by atoms with Crippen molar-refractivity contribution < 1.29 is 27.8 Å². The molecular formula is C45H36ClF2N11O4. The van der Waals surface area contributed by atoms with Gasteiger partial charge in [-0.2, -0.15) is 0 Å². The van der Waals surface area contributed by atoms with Crippen molar-refractivity contribution in [3.8, 4) is 28.5 Å². The number of fused-ring (bicyclic) bond motifs is 4. The summed E-state index contributed by atoms with van der Waals surface area (Å²) in [6.07, 6.45) is 16.5. The van der Waals surface area contributed by atoms with Crippen molar-refractivity contribution in [3.63, 3.8) is 0 Å². The van der Waals surface area contributed by atoms with Crippen LogP contribution in [0.25, 0.3) is 37.7 Å². The molecule has 7 heterocycles. The minimum Gasteiger partial charge on any atom is -0.493 e. The van der Waals surface area contributed by atoms with E-state index in [4.69, 9.17) is 27.4 Å². The van der Waals surface area contributed by atoms with Gasteiger partial charge in [-0.15, -0.1) is 11.6 Å². The van der Waals surface area contributed by atoms with Crippen LogP contribution >= 0.6 is 11.6 Å². The van der Waals surface area contributed by atoms with E-state index in [1.165, 1.54) is 18.5 Å². The van der Waals surface area contributed by atoms with E-state index in [2.05, 4.69) is 56.8 Å². The third-order valence-electron chi connectivity index (χ3n) is 10.4. The van der Waals surface area contributed by atoms with Gasteiger partial charge in [-0.05, 0) is 47.5 Å². The fourth-order valence-corrected chi connectivity index (χ4v) is 7.49. The number of alkyl halides is 1. The van der Waals surface area contributed by atoms with Crippen molar-refractivity contribution in [3.05, 3.63) is 148 Å². The quantitative estimate of drug-likeness (QED) is 0.106. The van der Waals surface area contributed by atoms with Gasteiger partial charge in [0.15, 0.2) is 5.78 Å². The second kappa shape index (κ2) is 18.4. The number of nitrogens with one attached hydrogen (secondary N) is 2. The van der Waals surface area contributed by atoms with Crippen LogP contribution in [0.15, 0.2) is 85.6 Å².